The second kappa shape index (κ2) is 10.8. The molecule has 0 atom stereocenters. The predicted molar refractivity (Wildman–Crippen MR) is 139 cm³/mol. The van der Waals surface area contributed by atoms with Gasteiger partial charge >= 0.3 is 11.9 Å². The fourth-order valence-corrected chi connectivity index (χ4v) is 4.05. The number of hydrogen-bond acceptors (Lipinski definition) is 5. The van der Waals surface area contributed by atoms with E-state index in [4.69, 9.17) is 14.2 Å². The summed E-state index contributed by atoms with van der Waals surface area (Å²) in [5.74, 6) is -0.0954. The Labute approximate surface area is 207 Å². The zero-order chi connectivity index (χ0) is 25.8. The first kappa shape index (κ1) is 26.1. The molecule has 0 N–H and O–H groups in total. The summed E-state index contributed by atoms with van der Waals surface area (Å²) in [6.45, 7) is 10.1. The van der Waals surface area contributed by atoms with Crippen LogP contribution in [0.5, 0.6) is 5.75 Å². The second-order valence-corrected chi connectivity index (χ2v) is 9.66. The molecule has 3 rings (SSSR count). The lowest BCUT2D eigenvalue weighted by atomic mass is 10.1. The van der Waals surface area contributed by atoms with Crippen molar-refractivity contribution in [3.05, 3.63) is 70.4 Å². The van der Waals surface area contributed by atoms with Crippen LogP contribution >= 0.6 is 0 Å². The zero-order valence-corrected chi connectivity index (χ0v) is 21.7. The van der Waals surface area contributed by atoms with Crippen LogP contribution in [-0.2, 0) is 27.2 Å². The van der Waals surface area contributed by atoms with Crippen LogP contribution in [0.3, 0.4) is 0 Å². The molecule has 0 spiro atoms. The lowest BCUT2D eigenvalue weighted by molar-refractivity contribution is -0.149. The minimum Gasteiger partial charge on any atom is -0.496 e. The van der Waals surface area contributed by atoms with Crippen molar-refractivity contribution < 1.29 is 23.8 Å². The van der Waals surface area contributed by atoms with E-state index in [0.717, 1.165) is 29.5 Å². The molecule has 2 aromatic carbocycles. The molecule has 1 heterocycles. The molecule has 6 nitrogen and oxygen atoms in total. The van der Waals surface area contributed by atoms with Crippen LogP contribution in [0, 0.1) is 0 Å². The van der Waals surface area contributed by atoms with Gasteiger partial charge in [-0.2, -0.15) is 0 Å². The van der Waals surface area contributed by atoms with Crippen LogP contribution in [0.1, 0.15) is 68.1 Å². The van der Waals surface area contributed by atoms with E-state index in [2.05, 4.69) is 29.8 Å². The molecule has 35 heavy (non-hydrogen) atoms. The van der Waals surface area contributed by atoms with Gasteiger partial charge in [-0.25, -0.2) is 9.59 Å². The van der Waals surface area contributed by atoms with Crippen molar-refractivity contribution in [2.45, 2.75) is 59.6 Å². The van der Waals surface area contributed by atoms with Crippen LogP contribution in [0.4, 0.5) is 0 Å². The van der Waals surface area contributed by atoms with Gasteiger partial charge in [-0.1, -0.05) is 31.5 Å². The van der Waals surface area contributed by atoms with E-state index in [-0.39, 0.29) is 5.97 Å². The van der Waals surface area contributed by atoms with Crippen molar-refractivity contribution >= 4 is 28.9 Å². The number of rotatable bonds is 8. The van der Waals surface area contributed by atoms with Crippen molar-refractivity contribution in [2.24, 2.45) is 0 Å². The Balaban J connectivity index is 2.02. The molecule has 186 valence electrons. The highest BCUT2D eigenvalue weighted by Gasteiger charge is 2.18. The number of nitrogens with zero attached hydrogens (tertiary/aromatic N) is 1. The summed E-state index contributed by atoms with van der Waals surface area (Å²) < 4.78 is 18.1. The highest BCUT2D eigenvalue weighted by atomic mass is 16.6. The molecule has 6 heteroatoms. The van der Waals surface area contributed by atoms with Crippen LogP contribution in [-0.4, -0.2) is 36.3 Å². The molecule has 0 amide bonds. The van der Waals surface area contributed by atoms with Crippen LogP contribution in [0.2, 0.25) is 0 Å². The third-order valence-corrected chi connectivity index (χ3v) is 5.66. The number of ether oxygens (including phenoxy) is 3. The number of carbonyl (C=O) groups excluding carboxylic acids is 2. The molecule has 1 aromatic heterocycles. The van der Waals surface area contributed by atoms with Gasteiger partial charge in [0.25, 0.3) is 0 Å². The number of aromatic nitrogens is 1. The lowest BCUT2D eigenvalue weighted by Crippen LogP contribution is -2.24. The van der Waals surface area contributed by atoms with Gasteiger partial charge in [0.2, 0.25) is 0 Å². The molecule has 0 aliphatic heterocycles. The first-order valence-electron chi connectivity index (χ1n) is 11.8. The largest absolute Gasteiger partial charge is 0.496 e. The molecular weight excluding hydrogens is 442 g/mol. The van der Waals surface area contributed by atoms with E-state index in [1.165, 1.54) is 18.1 Å². The third kappa shape index (κ3) is 6.32. The summed E-state index contributed by atoms with van der Waals surface area (Å²) in [6, 6.07) is 11.6. The minimum absolute atomic E-state index is 0.324. The number of benzene rings is 2. The fraction of sp³-hybridized carbons (Fsp3) is 0.379. The van der Waals surface area contributed by atoms with Gasteiger partial charge in [-0.15, -0.1) is 0 Å². The SMILES string of the molecule is CCCc1cn(Cc2ccc(C(=O)OC)cc2OC)c2cc(/C=C(\C)C(=O)OC(C)(C)C)ccc12. The van der Waals surface area contributed by atoms with Gasteiger partial charge in [-0.3, -0.25) is 0 Å². The summed E-state index contributed by atoms with van der Waals surface area (Å²) in [5, 5.41) is 1.18. The molecule has 0 fully saturated rings. The Bertz CT molecular complexity index is 1260. The fourth-order valence-electron chi connectivity index (χ4n) is 4.05. The van der Waals surface area contributed by atoms with E-state index < -0.39 is 11.6 Å². The molecule has 0 radical (unpaired) electrons. The number of hydrogen-bond donors (Lipinski definition) is 0. The highest BCUT2D eigenvalue weighted by Crippen LogP contribution is 2.29. The summed E-state index contributed by atoms with van der Waals surface area (Å²) in [7, 11) is 2.96. The second-order valence-electron chi connectivity index (χ2n) is 9.66. The topological polar surface area (TPSA) is 66.8 Å². The Morgan fingerprint density at radius 1 is 1.03 bits per heavy atom. The first-order chi connectivity index (χ1) is 16.6. The standard InChI is InChI=1S/C29H35NO5/c1-8-9-22-17-30(18-23-12-11-21(28(32)34-7)16-26(23)33-6)25-15-20(10-13-24(22)25)14-19(2)27(31)35-29(3,4)5/h10-17H,8-9,18H2,1-7H3/b19-14+. The molecule has 0 aliphatic carbocycles. The van der Waals surface area contributed by atoms with Crippen molar-refractivity contribution in [3.8, 4) is 5.75 Å². The van der Waals surface area contributed by atoms with Crippen LogP contribution in [0.15, 0.2) is 48.2 Å². The minimum atomic E-state index is -0.539. The average molecular weight is 478 g/mol. The van der Waals surface area contributed by atoms with Crippen LogP contribution in [0.25, 0.3) is 17.0 Å². The van der Waals surface area contributed by atoms with Crippen molar-refractivity contribution in [1.29, 1.82) is 0 Å². The van der Waals surface area contributed by atoms with Crippen LogP contribution < -0.4 is 4.74 Å². The zero-order valence-electron chi connectivity index (χ0n) is 21.7. The van der Waals surface area contributed by atoms with E-state index in [9.17, 15) is 9.59 Å². The third-order valence-electron chi connectivity index (χ3n) is 5.66. The van der Waals surface area contributed by atoms with Gasteiger partial charge in [-0.05, 0) is 69.5 Å². The number of carbonyl (C=O) groups is 2. The van der Waals surface area contributed by atoms with E-state index in [1.54, 1.807) is 26.2 Å². The van der Waals surface area contributed by atoms with Gasteiger partial charge < -0.3 is 18.8 Å². The molecule has 0 unspecified atom stereocenters. The van der Waals surface area contributed by atoms with E-state index in [0.29, 0.717) is 23.4 Å². The summed E-state index contributed by atoms with van der Waals surface area (Å²) in [6.07, 6.45) is 6.04. The molecule has 0 aliphatic rings. The number of methoxy groups -OCH3 is 2. The monoisotopic (exact) mass is 477 g/mol. The Hall–Kier alpha value is -3.54. The maximum atomic E-state index is 12.4. The highest BCUT2D eigenvalue weighted by molar-refractivity contribution is 5.94. The van der Waals surface area contributed by atoms with Crippen molar-refractivity contribution in [3.63, 3.8) is 0 Å². The Morgan fingerprint density at radius 2 is 1.77 bits per heavy atom. The van der Waals surface area contributed by atoms with Gasteiger partial charge in [0, 0.05) is 28.2 Å². The predicted octanol–water partition coefficient (Wildman–Crippen LogP) is 6.18. The van der Waals surface area contributed by atoms with Crippen molar-refractivity contribution in [2.75, 3.05) is 14.2 Å². The average Bonchev–Trinajstić information content (AvgIpc) is 3.14. The number of aryl methyl sites for hydroxylation is 1. The first-order valence-corrected chi connectivity index (χ1v) is 11.8. The quantitative estimate of drug-likeness (QED) is 0.286. The maximum Gasteiger partial charge on any atom is 0.337 e. The summed E-state index contributed by atoms with van der Waals surface area (Å²) in [5.41, 5.74) is 4.67. The summed E-state index contributed by atoms with van der Waals surface area (Å²) in [4.78, 5) is 24.4. The molecule has 3 aromatic rings. The Kier molecular flexibility index (Phi) is 8.05. The molecule has 0 bridgehead atoms. The van der Waals surface area contributed by atoms with Gasteiger partial charge in [0.15, 0.2) is 0 Å². The Morgan fingerprint density at radius 3 is 2.40 bits per heavy atom. The van der Waals surface area contributed by atoms with Gasteiger partial charge in [0.05, 0.1) is 26.3 Å². The maximum absolute atomic E-state index is 12.4. The molecular formula is C29H35NO5. The molecule has 0 saturated heterocycles. The smallest absolute Gasteiger partial charge is 0.337 e. The van der Waals surface area contributed by atoms with Crippen molar-refractivity contribution in [1.82, 2.24) is 4.57 Å². The molecule has 0 saturated carbocycles. The number of fused-ring (bicyclic) bond motifs is 1. The lowest BCUT2D eigenvalue weighted by Gasteiger charge is -2.19. The van der Waals surface area contributed by atoms with E-state index in [1.807, 2.05) is 39.0 Å². The normalized spacial score (nSPS) is 12.0. The summed E-state index contributed by atoms with van der Waals surface area (Å²) >= 11 is 0. The van der Waals surface area contributed by atoms with Gasteiger partial charge in [0.1, 0.15) is 11.4 Å². The number of esters is 2. The van der Waals surface area contributed by atoms with E-state index >= 15 is 0 Å².